The van der Waals surface area contributed by atoms with Crippen LogP contribution in [0.1, 0.15) is 18.5 Å². The second-order valence-electron chi connectivity index (χ2n) is 3.39. The highest BCUT2D eigenvalue weighted by atomic mass is 79.9. The zero-order valence-electron chi connectivity index (χ0n) is 9.16. The van der Waals surface area contributed by atoms with Crippen LogP contribution in [0.4, 0.5) is 4.79 Å². The van der Waals surface area contributed by atoms with E-state index in [0.29, 0.717) is 6.54 Å². The van der Waals surface area contributed by atoms with Gasteiger partial charge in [0.15, 0.2) is 0 Å². The van der Waals surface area contributed by atoms with Gasteiger partial charge in [0.2, 0.25) is 0 Å². The average Bonchev–Trinajstić information content (AvgIpc) is 2.26. The molecular formula is C12H15BrN2O. The molecule has 0 heterocycles. The van der Waals surface area contributed by atoms with Crippen molar-refractivity contribution < 1.29 is 4.79 Å². The van der Waals surface area contributed by atoms with Gasteiger partial charge in [-0.15, -0.1) is 6.58 Å². The maximum atomic E-state index is 11.4. The van der Waals surface area contributed by atoms with Crippen molar-refractivity contribution in [2.24, 2.45) is 0 Å². The van der Waals surface area contributed by atoms with Crippen molar-refractivity contribution in [2.75, 3.05) is 6.54 Å². The van der Waals surface area contributed by atoms with Crippen molar-refractivity contribution in [1.82, 2.24) is 10.6 Å². The zero-order chi connectivity index (χ0) is 12.0. The number of halogens is 1. The lowest BCUT2D eigenvalue weighted by atomic mass is 10.1. The van der Waals surface area contributed by atoms with Crippen molar-refractivity contribution in [2.45, 2.75) is 13.0 Å². The summed E-state index contributed by atoms with van der Waals surface area (Å²) in [6, 6.07) is 7.58. The normalized spacial score (nSPS) is 11.6. The van der Waals surface area contributed by atoms with E-state index >= 15 is 0 Å². The quantitative estimate of drug-likeness (QED) is 0.819. The van der Waals surface area contributed by atoms with Crippen LogP contribution < -0.4 is 10.6 Å². The summed E-state index contributed by atoms with van der Waals surface area (Å²) in [6.07, 6.45) is 1.64. The molecule has 0 aromatic heterocycles. The number of hydrogen-bond donors (Lipinski definition) is 2. The molecule has 1 atom stereocenters. The molecule has 1 rings (SSSR count). The third-order valence-electron chi connectivity index (χ3n) is 2.13. The van der Waals surface area contributed by atoms with Crippen LogP contribution in [-0.4, -0.2) is 12.6 Å². The Balaban J connectivity index is 2.58. The molecule has 3 nitrogen and oxygen atoms in total. The van der Waals surface area contributed by atoms with Gasteiger partial charge >= 0.3 is 6.03 Å². The largest absolute Gasteiger partial charge is 0.335 e. The first-order valence-corrected chi connectivity index (χ1v) is 5.84. The molecule has 1 aromatic carbocycles. The molecule has 16 heavy (non-hydrogen) atoms. The van der Waals surface area contributed by atoms with Gasteiger partial charge in [-0.2, -0.15) is 0 Å². The lowest BCUT2D eigenvalue weighted by molar-refractivity contribution is 0.239. The van der Waals surface area contributed by atoms with E-state index < -0.39 is 0 Å². The Hall–Kier alpha value is -1.29. The van der Waals surface area contributed by atoms with Crippen molar-refractivity contribution in [1.29, 1.82) is 0 Å². The fourth-order valence-corrected chi connectivity index (χ4v) is 1.94. The molecule has 0 aliphatic carbocycles. The van der Waals surface area contributed by atoms with E-state index in [-0.39, 0.29) is 12.1 Å². The molecular weight excluding hydrogens is 268 g/mol. The Morgan fingerprint density at radius 3 is 2.88 bits per heavy atom. The standard InChI is InChI=1S/C12H15BrN2O/c1-3-8-14-12(16)15-9(2)10-6-4-5-7-11(10)13/h3-7,9H,1,8H2,2H3,(H2,14,15,16)/t9-/m0/s1. The van der Waals surface area contributed by atoms with E-state index in [0.717, 1.165) is 10.0 Å². The summed E-state index contributed by atoms with van der Waals surface area (Å²) in [5.41, 5.74) is 1.05. The summed E-state index contributed by atoms with van der Waals surface area (Å²) < 4.78 is 0.992. The van der Waals surface area contributed by atoms with Gasteiger partial charge in [0, 0.05) is 11.0 Å². The first-order valence-electron chi connectivity index (χ1n) is 5.05. The molecule has 0 fully saturated rings. The summed E-state index contributed by atoms with van der Waals surface area (Å²) in [5, 5.41) is 5.51. The van der Waals surface area contributed by atoms with Gasteiger partial charge in [-0.1, -0.05) is 40.2 Å². The van der Waals surface area contributed by atoms with Gasteiger partial charge in [-0.05, 0) is 18.6 Å². The maximum absolute atomic E-state index is 11.4. The van der Waals surface area contributed by atoms with Crippen LogP contribution >= 0.6 is 15.9 Å². The smallest absolute Gasteiger partial charge is 0.315 e. The number of benzene rings is 1. The Morgan fingerprint density at radius 1 is 1.56 bits per heavy atom. The van der Waals surface area contributed by atoms with E-state index in [1.54, 1.807) is 6.08 Å². The van der Waals surface area contributed by atoms with Crippen LogP contribution in [0.25, 0.3) is 0 Å². The Kier molecular flexibility index (Phi) is 5.05. The molecule has 0 unspecified atom stereocenters. The van der Waals surface area contributed by atoms with Gasteiger partial charge in [0.25, 0.3) is 0 Å². The first kappa shape index (κ1) is 12.8. The van der Waals surface area contributed by atoms with E-state index in [1.165, 1.54) is 0 Å². The summed E-state index contributed by atoms with van der Waals surface area (Å²) in [4.78, 5) is 11.4. The first-order chi connectivity index (χ1) is 7.65. The monoisotopic (exact) mass is 282 g/mol. The van der Waals surface area contributed by atoms with Gasteiger partial charge < -0.3 is 10.6 Å². The minimum absolute atomic E-state index is 0.0413. The summed E-state index contributed by atoms with van der Waals surface area (Å²) in [5.74, 6) is 0. The van der Waals surface area contributed by atoms with Crippen LogP contribution in [0, 0.1) is 0 Å². The molecule has 0 saturated carbocycles. The number of amides is 2. The van der Waals surface area contributed by atoms with Crippen molar-refractivity contribution >= 4 is 22.0 Å². The average molecular weight is 283 g/mol. The molecule has 0 bridgehead atoms. The third kappa shape index (κ3) is 3.70. The number of hydrogen-bond acceptors (Lipinski definition) is 1. The number of rotatable bonds is 4. The Bertz CT molecular complexity index is 379. The second-order valence-corrected chi connectivity index (χ2v) is 4.24. The fraction of sp³-hybridized carbons (Fsp3) is 0.250. The van der Waals surface area contributed by atoms with Crippen LogP contribution in [0.5, 0.6) is 0 Å². The van der Waals surface area contributed by atoms with Crippen LogP contribution in [-0.2, 0) is 0 Å². The molecule has 4 heteroatoms. The highest BCUT2D eigenvalue weighted by Gasteiger charge is 2.10. The predicted octanol–water partition coefficient (Wildman–Crippen LogP) is 3.00. The van der Waals surface area contributed by atoms with E-state index in [9.17, 15) is 4.79 Å². The summed E-state index contributed by atoms with van der Waals surface area (Å²) in [6.45, 7) is 5.94. The maximum Gasteiger partial charge on any atom is 0.315 e. The molecule has 0 spiro atoms. The molecule has 0 radical (unpaired) electrons. The molecule has 0 aliphatic rings. The SMILES string of the molecule is C=CCNC(=O)N[C@@H](C)c1ccccc1Br. The van der Waals surface area contributed by atoms with Crippen molar-refractivity contribution in [3.8, 4) is 0 Å². The van der Waals surface area contributed by atoms with Gasteiger partial charge in [-0.3, -0.25) is 0 Å². The fourth-order valence-electron chi connectivity index (χ4n) is 1.32. The van der Waals surface area contributed by atoms with Crippen molar-refractivity contribution in [3.05, 3.63) is 47.0 Å². The van der Waals surface area contributed by atoms with Crippen LogP contribution in [0.3, 0.4) is 0 Å². The second kappa shape index (κ2) is 6.33. The number of nitrogens with one attached hydrogen (secondary N) is 2. The molecule has 2 amide bonds. The molecule has 86 valence electrons. The lowest BCUT2D eigenvalue weighted by Crippen LogP contribution is -2.37. The molecule has 0 saturated heterocycles. The highest BCUT2D eigenvalue weighted by molar-refractivity contribution is 9.10. The molecule has 2 N–H and O–H groups in total. The minimum Gasteiger partial charge on any atom is -0.335 e. The third-order valence-corrected chi connectivity index (χ3v) is 2.85. The van der Waals surface area contributed by atoms with E-state index in [4.69, 9.17) is 0 Å². The Labute approximate surface area is 104 Å². The van der Waals surface area contributed by atoms with Gasteiger partial charge in [0.1, 0.15) is 0 Å². The highest BCUT2D eigenvalue weighted by Crippen LogP contribution is 2.22. The molecule has 1 aromatic rings. The van der Waals surface area contributed by atoms with Gasteiger partial charge in [0.05, 0.1) is 6.04 Å². The summed E-state index contributed by atoms with van der Waals surface area (Å²) in [7, 11) is 0. The van der Waals surface area contributed by atoms with Crippen LogP contribution in [0.2, 0.25) is 0 Å². The number of urea groups is 1. The summed E-state index contributed by atoms with van der Waals surface area (Å²) >= 11 is 3.45. The predicted molar refractivity (Wildman–Crippen MR) is 69.3 cm³/mol. The number of carbonyl (C=O) groups excluding carboxylic acids is 1. The van der Waals surface area contributed by atoms with Crippen molar-refractivity contribution in [3.63, 3.8) is 0 Å². The molecule has 0 aliphatic heterocycles. The zero-order valence-corrected chi connectivity index (χ0v) is 10.8. The number of carbonyl (C=O) groups is 1. The van der Waals surface area contributed by atoms with E-state index in [2.05, 4.69) is 33.1 Å². The Morgan fingerprint density at radius 2 is 2.25 bits per heavy atom. The minimum atomic E-state index is -0.192. The van der Waals surface area contributed by atoms with Crippen LogP contribution in [0.15, 0.2) is 41.4 Å². The topological polar surface area (TPSA) is 41.1 Å². The van der Waals surface area contributed by atoms with E-state index in [1.807, 2.05) is 31.2 Å². The van der Waals surface area contributed by atoms with Gasteiger partial charge in [-0.25, -0.2) is 4.79 Å². The lowest BCUT2D eigenvalue weighted by Gasteiger charge is -2.15.